The highest BCUT2D eigenvalue weighted by Crippen LogP contribution is 2.42. The van der Waals surface area contributed by atoms with Crippen molar-refractivity contribution in [2.75, 3.05) is 5.32 Å². The van der Waals surface area contributed by atoms with Gasteiger partial charge in [-0.3, -0.25) is 0 Å². The molecule has 2 aliphatic carbocycles. The molecule has 2 aliphatic rings. The molecule has 0 amide bonds. The highest BCUT2D eigenvalue weighted by atomic mass is 35.5. The van der Waals surface area contributed by atoms with Crippen molar-refractivity contribution in [1.29, 1.82) is 0 Å². The first kappa shape index (κ1) is 14.8. The number of nitrogens with one attached hydrogen (secondary N) is 1. The van der Waals surface area contributed by atoms with Crippen LogP contribution in [0.2, 0.25) is 15.1 Å². The molecule has 4 heteroatoms. The molecule has 2 saturated carbocycles. The Labute approximate surface area is 136 Å². The summed E-state index contributed by atoms with van der Waals surface area (Å²) in [6, 6.07) is 4.00. The quantitative estimate of drug-likeness (QED) is 0.659. The lowest BCUT2D eigenvalue weighted by molar-refractivity contribution is 0.162. The number of halogens is 3. The van der Waals surface area contributed by atoms with Gasteiger partial charge in [-0.15, -0.1) is 0 Å². The average molecular weight is 333 g/mol. The summed E-state index contributed by atoms with van der Waals surface area (Å²) in [7, 11) is 0. The molecular formula is C16H20Cl3N. The van der Waals surface area contributed by atoms with E-state index in [0.29, 0.717) is 21.1 Å². The Morgan fingerprint density at radius 1 is 0.850 bits per heavy atom. The van der Waals surface area contributed by atoms with Gasteiger partial charge < -0.3 is 5.32 Å². The topological polar surface area (TPSA) is 12.0 Å². The maximum Gasteiger partial charge on any atom is 0.0722 e. The number of hydrogen-bond acceptors (Lipinski definition) is 1. The summed E-state index contributed by atoms with van der Waals surface area (Å²) >= 11 is 18.5. The molecule has 3 unspecified atom stereocenters. The van der Waals surface area contributed by atoms with Crippen LogP contribution in [0.1, 0.15) is 44.9 Å². The molecule has 0 bridgehead atoms. The minimum Gasteiger partial charge on any atom is -0.380 e. The lowest BCUT2D eigenvalue weighted by Gasteiger charge is -2.40. The van der Waals surface area contributed by atoms with E-state index in [0.717, 1.165) is 17.5 Å². The third-order valence-electron chi connectivity index (χ3n) is 4.90. The molecule has 0 spiro atoms. The maximum atomic E-state index is 6.26. The van der Waals surface area contributed by atoms with E-state index in [4.69, 9.17) is 34.8 Å². The maximum absolute atomic E-state index is 6.26. The van der Waals surface area contributed by atoms with Crippen LogP contribution in [-0.4, -0.2) is 6.04 Å². The molecular weight excluding hydrogens is 313 g/mol. The summed E-state index contributed by atoms with van der Waals surface area (Å²) < 4.78 is 0. The van der Waals surface area contributed by atoms with E-state index in [1.165, 1.54) is 44.9 Å². The largest absolute Gasteiger partial charge is 0.380 e. The van der Waals surface area contributed by atoms with Crippen LogP contribution in [-0.2, 0) is 0 Å². The van der Waals surface area contributed by atoms with Crippen molar-refractivity contribution in [2.45, 2.75) is 51.0 Å². The molecule has 1 nitrogen and oxygen atoms in total. The Hall–Kier alpha value is -0.110. The molecule has 0 saturated heterocycles. The van der Waals surface area contributed by atoms with E-state index in [-0.39, 0.29) is 0 Å². The zero-order valence-electron chi connectivity index (χ0n) is 11.5. The smallest absolute Gasteiger partial charge is 0.0722 e. The van der Waals surface area contributed by atoms with E-state index in [2.05, 4.69) is 5.32 Å². The van der Waals surface area contributed by atoms with Crippen LogP contribution in [0.15, 0.2) is 12.1 Å². The minimum absolute atomic E-state index is 0.491. The number of benzene rings is 1. The molecule has 2 fully saturated rings. The number of anilines is 1. The average Bonchev–Trinajstić information content (AvgIpc) is 2.42. The van der Waals surface area contributed by atoms with Gasteiger partial charge in [0.15, 0.2) is 0 Å². The number of hydrogen-bond donors (Lipinski definition) is 1. The normalized spacial score (nSPS) is 29.9. The second kappa shape index (κ2) is 6.34. The van der Waals surface area contributed by atoms with Gasteiger partial charge in [-0.25, -0.2) is 0 Å². The summed E-state index contributed by atoms with van der Waals surface area (Å²) in [6.45, 7) is 0. The minimum atomic E-state index is 0.491. The van der Waals surface area contributed by atoms with Gasteiger partial charge in [-0.05, 0) is 43.2 Å². The molecule has 0 aromatic heterocycles. The van der Waals surface area contributed by atoms with E-state index in [1.54, 1.807) is 12.1 Å². The van der Waals surface area contributed by atoms with Crippen LogP contribution >= 0.6 is 34.8 Å². The lowest BCUT2D eigenvalue weighted by Crippen LogP contribution is -2.34. The zero-order chi connectivity index (χ0) is 14.1. The molecule has 20 heavy (non-hydrogen) atoms. The van der Waals surface area contributed by atoms with Gasteiger partial charge in [0, 0.05) is 11.1 Å². The Bertz CT molecular complexity index is 466. The van der Waals surface area contributed by atoms with Crippen LogP contribution in [0.5, 0.6) is 0 Å². The highest BCUT2D eigenvalue weighted by molar-refractivity contribution is 6.41. The second-order valence-corrected chi connectivity index (χ2v) is 7.45. The monoisotopic (exact) mass is 331 g/mol. The Balaban J connectivity index is 1.69. The summed E-state index contributed by atoms with van der Waals surface area (Å²) in [4.78, 5) is 0. The summed E-state index contributed by atoms with van der Waals surface area (Å²) in [5.74, 6) is 1.85. The van der Waals surface area contributed by atoms with Crippen molar-refractivity contribution in [2.24, 2.45) is 11.8 Å². The molecule has 1 aromatic rings. The van der Waals surface area contributed by atoms with E-state index < -0.39 is 0 Å². The van der Waals surface area contributed by atoms with Gasteiger partial charge in [0.1, 0.15) is 0 Å². The van der Waals surface area contributed by atoms with Gasteiger partial charge in [-0.1, -0.05) is 60.5 Å². The van der Waals surface area contributed by atoms with Crippen LogP contribution in [0.25, 0.3) is 0 Å². The van der Waals surface area contributed by atoms with Gasteiger partial charge in [-0.2, -0.15) is 0 Å². The highest BCUT2D eigenvalue weighted by Gasteiger charge is 2.32. The first-order chi connectivity index (χ1) is 9.63. The van der Waals surface area contributed by atoms with E-state index >= 15 is 0 Å². The van der Waals surface area contributed by atoms with Crippen molar-refractivity contribution in [3.63, 3.8) is 0 Å². The molecule has 0 radical (unpaired) electrons. The van der Waals surface area contributed by atoms with Crippen LogP contribution in [0, 0.1) is 11.8 Å². The SMILES string of the molecule is Clc1cc(Cl)c(NC2CCC3CCCCC3C2)c(Cl)c1. The van der Waals surface area contributed by atoms with Crippen molar-refractivity contribution >= 4 is 40.5 Å². The van der Waals surface area contributed by atoms with Crippen LogP contribution in [0.3, 0.4) is 0 Å². The fraction of sp³-hybridized carbons (Fsp3) is 0.625. The molecule has 1 aromatic carbocycles. The first-order valence-electron chi connectivity index (χ1n) is 7.54. The van der Waals surface area contributed by atoms with Gasteiger partial charge in [0.05, 0.1) is 15.7 Å². The zero-order valence-corrected chi connectivity index (χ0v) is 13.7. The first-order valence-corrected chi connectivity index (χ1v) is 8.68. The van der Waals surface area contributed by atoms with Crippen molar-refractivity contribution < 1.29 is 0 Å². The number of fused-ring (bicyclic) bond motifs is 1. The fourth-order valence-corrected chi connectivity index (χ4v) is 4.81. The fourth-order valence-electron chi connectivity index (χ4n) is 3.89. The molecule has 110 valence electrons. The lowest BCUT2D eigenvalue weighted by atomic mass is 9.69. The van der Waals surface area contributed by atoms with Crippen LogP contribution in [0.4, 0.5) is 5.69 Å². The van der Waals surface area contributed by atoms with Crippen molar-refractivity contribution in [1.82, 2.24) is 0 Å². The summed E-state index contributed by atoms with van der Waals surface area (Å²) in [6.07, 6.45) is 9.46. The van der Waals surface area contributed by atoms with Crippen LogP contribution < -0.4 is 5.32 Å². The Kier molecular flexibility index (Phi) is 4.69. The van der Waals surface area contributed by atoms with Gasteiger partial charge in [0.25, 0.3) is 0 Å². The third-order valence-corrected chi connectivity index (χ3v) is 5.71. The molecule has 0 aliphatic heterocycles. The van der Waals surface area contributed by atoms with E-state index in [9.17, 15) is 0 Å². The molecule has 3 atom stereocenters. The van der Waals surface area contributed by atoms with Gasteiger partial charge >= 0.3 is 0 Å². The molecule has 0 heterocycles. The molecule has 3 rings (SSSR count). The molecule has 1 N–H and O–H groups in total. The predicted molar refractivity (Wildman–Crippen MR) is 88.2 cm³/mol. The Morgan fingerprint density at radius 3 is 2.20 bits per heavy atom. The standard InChI is InChI=1S/C16H20Cl3N/c17-12-8-14(18)16(15(19)9-12)20-13-6-5-10-3-1-2-4-11(10)7-13/h8-11,13,20H,1-7H2. The second-order valence-electron chi connectivity index (χ2n) is 6.20. The van der Waals surface area contributed by atoms with E-state index in [1.807, 2.05) is 0 Å². The Morgan fingerprint density at radius 2 is 1.50 bits per heavy atom. The number of rotatable bonds is 2. The van der Waals surface area contributed by atoms with Crippen molar-refractivity contribution in [3.8, 4) is 0 Å². The summed E-state index contributed by atoms with van der Waals surface area (Å²) in [5.41, 5.74) is 0.844. The summed E-state index contributed by atoms with van der Waals surface area (Å²) in [5, 5.41) is 5.38. The third kappa shape index (κ3) is 3.21. The predicted octanol–water partition coefficient (Wildman–Crippen LogP) is 6.42. The van der Waals surface area contributed by atoms with Crippen molar-refractivity contribution in [3.05, 3.63) is 27.2 Å². The van der Waals surface area contributed by atoms with Gasteiger partial charge in [0.2, 0.25) is 0 Å².